The van der Waals surface area contributed by atoms with Crippen molar-refractivity contribution in [2.24, 2.45) is 11.8 Å². The van der Waals surface area contributed by atoms with E-state index in [-0.39, 0.29) is 5.54 Å². The fraction of sp³-hybridized carbons (Fsp3) is 0.647. The molecule has 0 radical (unpaired) electrons. The van der Waals surface area contributed by atoms with Crippen molar-refractivity contribution in [3.8, 4) is 0 Å². The predicted octanol–water partition coefficient (Wildman–Crippen LogP) is 4.91. The van der Waals surface area contributed by atoms with Crippen molar-refractivity contribution in [1.82, 2.24) is 5.32 Å². The van der Waals surface area contributed by atoms with Gasteiger partial charge in [0.2, 0.25) is 0 Å². The van der Waals surface area contributed by atoms with Gasteiger partial charge in [0.1, 0.15) is 0 Å². The van der Waals surface area contributed by atoms with E-state index in [1.54, 1.807) is 6.07 Å². The van der Waals surface area contributed by atoms with Crippen LogP contribution < -0.4 is 5.32 Å². The Morgan fingerprint density at radius 3 is 2.19 bits per heavy atom. The minimum Gasteiger partial charge on any atom is -0.312 e. The minimum absolute atomic E-state index is 0.0148. The number of alkyl halides is 3. The maximum absolute atomic E-state index is 12.8. The van der Waals surface area contributed by atoms with Gasteiger partial charge in [-0.3, -0.25) is 0 Å². The van der Waals surface area contributed by atoms with E-state index in [2.05, 4.69) is 39.9 Å². The summed E-state index contributed by atoms with van der Waals surface area (Å²) in [7, 11) is 0. The van der Waals surface area contributed by atoms with Crippen molar-refractivity contribution in [2.75, 3.05) is 6.54 Å². The normalized spacial score (nSPS) is 14.5. The highest BCUT2D eigenvalue weighted by Crippen LogP contribution is 2.30. The van der Waals surface area contributed by atoms with Crippen molar-refractivity contribution in [3.05, 3.63) is 35.4 Å². The molecule has 0 fully saturated rings. The second kappa shape index (κ2) is 6.82. The van der Waals surface area contributed by atoms with Gasteiger partial charge >= 0.3 is 6.18 Å². The molecule has 1 atom stereocenters. The molecule has 0 heterocycles. The second-order valence-electron chi connectivity index (χ2n) is 7.04. The molecule has 0 saturated carbocycles. The fourth-order valence-electron chi connectivity index (χ4n) is 2.16. The summed E-state index contributed by atoms with van der Waals surface area (Å²) in [6.07, 6.45) is -3.61. The first kappa shape index (κ1) is 18.0. The van der Waals surface area contributed by atoms with Gasteiger partial charge < -0.3 is 5.32 Å². The summed E-state index contributed by atoms with van der Waals surface area (Å²) < 4.78 is 38.3. The van der Waals surface area contributed by atoms with Gasteiger partial charge in [-0.1, -0.05) is 32.0 Å². The van der Waals surface area contributed by atoms with Crippen molar-refractivity contribution < 1.29 is 13.2 Å². The molecule has 1 unspecified atom stereocenters. The molecule has 0 spiro atoms. The van der Waals surface area contributed by atoms with Crippen LogP contribution in [-0.2, 0) is 12.6 Å². The van der Waals surface area contributed by atoms with E-state index in [4.69, 9.17) is 0 Å². The van der Waals surface area contributed by atoms with E-state index in [9.17, 15) is 13.2 Å². The average Bonchev–Trinajstić information content (AvgIpc) is 2.32. The number of rotatable bonds is 5. The molecule has 21 heavy (non-hydrogen) atoms. The topological polar surface area (TPSA) is 12.0 Å². The van der Waals surface area contributed by atoms with Crippen molar-refractivity contribution in [1.29, 1.82) is 0 Å². The minimum atomic E-state index is -4.27. The summed E-state index contributed by atoms with van der Waals surface area (Å²) in [6, 6.07) is 5.67. The smallest absolute Gasteiger partial charge is 0.312 e. The van der Waals surface area contributed by atoms with E-state index in [0.29, 0.717) is 18.3 Å². The van der Waals surface area contributed by atoms with Gasteiger partial charge in [-0.15, -0.1) is 0 Å². The molecule has 1 rings (SSSR count). The Bertz CT molecular complexity index is 444. The van der Waals surface area contributed by atoms with Crippen LogP contribution in [0.15, 0.2) is 24.3 Å². The molecule has 0 aromatic heterocycles. The third kappa shape index (κ3) is 6.51. The zero-order chi connectivity index (χ0) is 16.3. The van der Waals surface area contributed by atoms with Gasteiger partial charge in [-0.25, -0.2) is 0 Å². The van der Waals surface area contributed by atoms with Crippen LogP contribution in [0, 0.1) is 11.8 Å². The zero-order valence-corrected chi connectivity index (χ0v) is 13.5. The molecule has 0 aliphatic heterocycles. The van der Waals surface area contributed by atoms with Crippen LogP contribution >= 0.6 is 0 Å². The molecule has 1 aromatic carbocycles. The Morgan fingerprint density at radius 1 is 1.10 bits per heavy atom. The average molecular weight is 301 g/mol. The van der Waals surface area contributed by atoms with Crippen molar-refractivity contribution in [2.45, 2.75) is 52.8 Å². The van der Waals surface area contributed by atoms with Crippen LogP contribution in [0.2, 0.25) is 0 Å². The lowest BCUT2D eigenvalue weighted by atomic mass is 9.88. The number of benzene rings is 1. The summed E-state index contributed by atoms with van der Waals surface area (Å²) in [5.41, 5.74) is 0.201. The monoisotopic (exact) mass is 301 g/mol. The largest absolute Gasteiger partial charge is 0.416 e. The number of halogens is 3. The lowest BCUT2D eigenvalue weighted by Crippen LogP contribution is -2.40. The third-order valence-corrected chi connectivity index (χ3v) is 3.59. The van der Waals surface area contributed by atoms with Crippen LogP contribution in [-0.4, -0.2) is 12.1 Å². The van der Waals surface area contributed by atoms with Gasteiger partial charge in [-0.2, -0.15) is 13.2 Å². The number of hydrogen-bond acceptors (Lipinski definition) is 1. The molecule has 0 saturated heterocycles. The molecule has 0 aliphatic carbocycles. The quantitative estimate of drug-likeness (QED) is 0.815. The maximum atomic E-state index is 12.8. The summed E-state index contributed by atoms with van der Waals surface area (Å²) in [6.45, 7) is 11.3. The van der Waals surface area contributed by atoms with E-state index >= 15 is 0 Å². The summed E-state index contributed by atoms with van der Waals surface area (Å²) in [5, 5.41) is 3.45. The molecule has 1 aromatic rings. The molecule has 0 bridgehead atoms. The SMILES string of the molecule is CC(C)C(CNC(C)(C)C)Cc1cccc(C(F)(F)F)c1. The van der Waals surface area contributed by atoms with Crippen LogP contribution in [0.25, 0.3) is 0 Å². The van der Waals surface area contributed by atoms with Crippen LogP contribution in [0.3, 0.4) is 0 Å². The second-order valence-corrected chi connectivity index (χ2v) is 7.04. The lowest BCUT2D eigenvalue weighted by Gasteiger charge is -2.27. The molecule has 120 valence electrons. The van der Waals surface area contributed by atoms with Gasteiger partial charge in [0.25, 0.3) is 0 Å². The lowest BCUT2D eigenvalue weighted by molar-refractivity contribution is -0.137. The van der Waals surface area contributed by atoms with Crippen molar-refractivity contribution >= 4 is 0 Å². The van der Waals surface area contributed by atoms with E-state index in [1.165, 1.54) is 12.1 Å². The highest BCUT2D eigenvalue weighted by Gasteiger charge is 2.30. The molecule has 1 N–H and O–H groups in total. The van der Waals surface area contributed by atoms with E-state index < -0.39 is 11.7 Å². The van der Waals surface area contributed by atoms with Crippen LogP contribution in [0.5, 0.6) is 0 Å². The Balaban J connectivity index is 2.80. The van der Waals surface area contributed by atoms with Gasteiger partial charge in [-0.05, 0) is 57.2 Å². The Labute approximate surface area is 125 Å². The highest BCUT2D eigenvalue weighted by atomic mass is 19.4. The summed E-state index contributed by atoms with van der Waals surface area (Å²) in [5.74, 6) is 0.724. The Kier molecular flexibility index (Phi) is 5.85. The molecule has 4 heteroatoms. The van der Waals surface area contributed by atoms with Gasteiger partial charge in [0.15, 0.2) is 0 Å². The molecular weight excluding hydrogens is 275 g/mol. The number of nitrogens with one attached hydrogen (secondary N) is 1. The highest BCUT2D eigenvalue weighted by molar-refractivity contribution is 5.26. The first-order chi connectivity index (χ1) is 9.49. The van der Waals surface area contributed by atoms with E-state index in [0.717, 1.165) is 18.2 Å². The molecule has 0 amide bonds. The molecule has 0 aliphatic rings. The summed E-state index contributed by atoms with van der Waals surface area (Å²) in [4.78, 5) is 0. The molecular formula is C17H26F3N. The summed E-state index contributed by atoms with van der Waals surface area (Å²) >= 11 is 0. The van der Waals surface area contributed by atoms with E-state index in [1.807, 2.05) is 0 Å². The van der Waals surface area contributed by atoms with Crippen LogP contribution in [0.4, 0.5) is 13.2 Å². The standard InChI is InChI=1S/C17H26F3N/c1-12(2)14(11-21-16(3,4)5)9-13-7-6-8-15(10-13)17(18,19)20/h6-8,10,12,14,21H,9,11H2,1-5H3. The van der Waals surface area contributed by atoms with Crippen molar-refractivity contribution in [3.63, 3.8) is 0 Å². The third-order valence-electron chi connectivity index (χ3n) is 3.59. The number of hydrogen-bond donors (Lipinski definition) is 1. The maximum Gasteiger partial charge on any atom is 0.416 e. The van der Waals surface area contributed by atoms with Crippen LogP contribution in [0.1, 0.15) is 45.7 Å². The molecule has 1 nitrogen and oxygen atoms in total. The Morgan fingerprint density at radius 2 is 1.71 bits per heavy atom. The Hall–Kier alpha value is -1.03. The first-order valence-corrected chi connectivity index (χ1v) is 7.40. The fourth-order valence-corrected chi connectivity index (χ4v) is 2.16. The zero-order valence-electron chi connectivity index (χ0n) is 13.5. The first-order valence-electron chi connectivity index (χ1n) is 7.40. The predicted molar refractivity (Wildman–Crippen MR) is 81.2 cm³/mol. The van der Waals surface area contributed by atoms with Gasteiger partial charge in [0, 0.05) is 5.54 Å². The van der Waals surface area contributed by atoms with Gasteiger partial charge in [0.05, 0.1) is 5.56 Å².